The molecule has 0 saturated carbocycles. The fourth-order valence-corrected chi connectivity index (χ4v) is 2.54. The summed E-state index contributed by atoms with van der Waals surface area (Å²) < 4.78 is 0. The molecule has 0 radical (unpaired) electrons. The summed E-state index contributed by atoms with van der Waals surface area (Å²) in [6.45, 7) is 3.80. The van der Waals surface area contributed by atoms with E-state index >= 15 is 0 Å². The second-order valence-electron chi connectivity index (χ2n) is 4.17. The van der Waals surface area contributed by atoms with E-state index in [4.69, 9.17) is 5.11 Å². The van der Waals surface area contributed by atoms with E-state index in [-0.39, 0.29) is 18.0 Å². The number of hydrogen-bond acceptors (Lipinski definition) is 5. The van der Waals surface area contributed by atoms with E-state index in [0.29, 0.717) is 16.3 Å². The fourth-order valence-electron chi connectivity index (χ4n) is 1.70. The maximum absolute atomic E-state index is 12.0. The summed E-state index contributed by atoms with van der Waals surface area (Å²) >= 11 is 1.33. The second kappa shape index (κ2) is 5.79. The van der Waals surface area contributed by atoms with Crippen LogP contribution in [-0.2, 0) is 6.54 Å². The number of carbonyl (C=O) groups excluding carboxylic acids is 1. The third kappa shape index (κ3) is 3.18. The molecule has 6 nitrogen and oxygen atoms in total. The van der Waals surface area contributed by atoms with Crippen molar-refractivity contribution in [2.75, 3.05) is 0 Å². The number of nitrogens with one attached hydrogen (secondary N) is 1. The van der Waals surface area contributed by atoms with Gasteiger partial charge in [0.2, 0.25) is 0 Å². The Morgan fingerprint density at radius 1 is 1.40 bits per heavy atom. The molecule has 104 valence electrons. The fraction of sp³-hybridized carbons (Fsp3) is 0.231. The first-order valence-electron chi connectivity index (χ1n) is 5.88. The summed E-state index contributed by atoms with van der Waals surface area (Å²) in [5, 5.41) is 12.4. The summed E-state index contributed by atoms with van der Waals surface area (Å²) in [7, 11) is 0. The summed E-state index contributed by atoms with van der Waals surface area (Å²) in [6, 6.07) is 2.84. The highest BCUT2D eigenvalue weighted by Crippen LogP contribution is 2.16. The Morgan fingerprint density at radius 2 is 2.15 bits per heavy atom. The number of carbonyl (C=O) groups is 2. The lowest BCUT2D eigenvalue weighted by molar-refractivity contribution is 0.0696. The lowest BCUT2D eigenvalue weighted by Crippen LogP contribution is -2.23. The average molecular weight is 291 g/mol. The third-order valence-electron chi connectivity index (χ3n) is 2.60. The van der Waals surface area contributed by atoms with E-state index in [1.54, 1.807) is 6.92 Å². The molecule has 0 spiro atoms. The van der Waals surface area contributed by atoms with Crippen LogP contribution in [0.1, 0.15) is 36.4 Å². The lowest BCUT2D eigenvalue weighted by Gasteiger charge is -2.04. The van der Waals surface area contributed by atoms with Crippen molar-refractivity contribution in [2.24, 2.45) is 0 Å². The van der Waals surface area contributed by atoms with Gasteiger partial charge in [-0.05, 0) is 26.0 Å². The summed E-state index contributed by atoms with van der Waals surface area (Å²) in [4.78, 5) is 31.6. The normalized spacial score (nSPS) is 10.3. The molecule has 0 atom stereocenters. The monoisotopic (exact) mass is 291 g/mol. The van der Waals surface area contributed by atoms with Crippen LogP contribution in [0.5, 0.6) is 0 Å². The molecule has 1 amide bonds. The molecule has 0 aliphatic heterocycles. The van der Waals surface area contributed by atoms with Crippen molar-refractivity contribution >= 4 is 23.2 Å². The van der Waals surface area contributed by atoms with Crippen LogP contribution in [0.25, 0.3) is 0 Å². The smallest absolute Gasteiger partial charge is 0.335 e. The van der Waals surface area contributed by atoms with Crippen LogP contribution in [0.3, 0.4) is 0 Å². The number of nitrogens with zero attached hydrogens (tertiary/aromatic N) is 2. The molecule has 7 heteroatoms. The minimum Gasteiger partial charge on any atom is -0.478 e. The molecule has 2 heterocycles. The van der Waals surface area contributed by atoms with Gasteiger partial charge in [0.1, 0.15) is 4.88 Å². The maximum atomic E-state index is 12.0. The van der Waals surface area contributed by atoms with Gasteiger partial charge in [0.05, 0.1) is 28.5 Å². The summed E-state index contributed by atoms with van der Waals surface area (Å²) in [6.07, 6.45) is 1.41. The van der Waals surface area contributed by atoms with Crippen LogP contribution in [0.2, 0.25) is 0 Å². The Balaban J connectivity index is 2.05. The summed E-state index contributed by atoms with van der Waals surface area (Å²) in [5.74, 6) is -1.25. The zero-order chi connectivity index (χ0) is 14.7. The molecule has 2 aromatic rings. The molecule has 20 heavy (non-hydrogen) atoms. The molecule has 2 rings (SSSR count). The Labute approximate surface area is 119 Å². The number of aryl methyl sites for hydroxylation is 2. The van der Waals surface area contributed by atoms with Gasteiger partial charge in [-0.3, -0.25) is 9.78 Å². The van der Waals surface area contributed by atoms with Gasteiger partial charge in [-0.25, -0.2) is 9.78 Å². The number of pyridine rings is 1. The molecule has 0 saturated heterocycles. The van der Waals surface area contributed by atoms with E-state index in [0.717, 1.165) is 5.01 Å². The molecule has 0 unspecified atom stereocenters. The van der Waals surface area contributed by atoms with Gasteiger partial charge in [0.25, 0.3) is 5.91 Å². The van der Waals surface area contributed by atoms with Crippen LogP contribution >= 0.6 is 11.3 Å². The number of amides is 1. The number of aromatic nitrogens is 2. The summed E-state index contributed by atoms with van der Waals surface area (Å²) in [5.41, 5.74) is 1.34. The highest BCUT2D eigenvalue weighted by Gasteiger charge is 2.13. The Hall–Kier alpha value is -2.28. The number of carboxylic acid groups (broad SMARTS) is 1. The molecule has 2 N–H and O–H groups in total. The second-order valence-corrected chi connectivity index (χ2v) is 5.37. The first-order chi connectivity index (χ1) is 9.47. The predicted molar refractivity (Wildman–Crippen MR) is 74.0 cm³/mol. The van der Waals surface area contributed by atoms with E-state index in [1.165, 1.54) is 29.7 Å². The van der Waals surface area contributed by atoms with Crippen molar-refractivity contribution in [3.8, 4) is 0 Å². The van der Waals surface area contributed by atoms with Crippen molar-refractivity contribution in [1.82, 2.24) is 15.3 Å². The molecular formula is C13H13N3O3S. The Morgan fingerprint density at radius 3 is 2.75 bits per heavy atom. The molecular weight excluding hydrogens is 278 g/mol. The van der Waals surface area contributed by atoms with Crippen molar-refractivity contribution in [2.45, 2.75) is 20.4 Å². The molecule has 0 aliphatic carbocycles. The number of thiazole rings is 1. The Kier molecular flexibility index (Phi) is 4.09. The van der Waals surface area contributed by atoms with Gasteiger partial charge in [-0.15, -0.1) is 11.3 Å². The largest absolute Gasteiger partial charge is 0.478 e. The number of carboxylic acids is 1. The van der Waals surface area contributed by atoms with Crippen LogP contribution in [0.15, 0.2) is 18.3 Å². The zero-order valence-corrected chi connectivity index (χ0v) is 11.8. The van der Waals surface area contributed by atoms with Gasteiger partial charge in [0, 0.05) is 6.20 Å². The van der Waals surface area contributed by atoms with E-state index in [1.807, 2.05) is 6.92 Å². The van der Waals surface area contributed by atoms with Gasteiger partial charge in [-0.2, -0.15) is 0 Å². The predicted octanol–water partition coefficient (Wildman–Crippen LogP) is 1.78. The number of hydrogen-bond donors (Lipinski definition) is 2. The van der Waals surface area contributed by atoms with Crippen LogP contribution < -0.4 is 5.32 Å². The number of aromatic carboxylic acids is 1. The molecule has 0 bridgehead atoms. The third-order valence-corrected chi connectivity index (χ3v) is 3.67. The van der Waals surface area contributed by atoms with E-state index < -0.39 is 5.97 Å². The minimum atomic E-state index is -1.02. The molecule has 0 aliphatic rings. The van der Waals surface area contributed by atoms with Crippen molar-refractivity contribution in [3.63, 3.8) is 0 Å². The minimum absolute atomic E-state index is 0.147. The van der Waals surface area contributed by atoms with Gasteiger partial charge < -0.3 is 10.4 Å². The van der Waals surface area contributed by atoms with Crippen LogP contribution in [0.4, 0.5) is 0 Å². The highest BCUT2D eigenvalue weighted by atomic mass is 32.1. The topological polar surface area (TPSA) is 92.2 Å². The number of rotatable bonds is 4. The van der Waals surface area contributed by atoms with Crippen molar-refractivity contribution < 1.29 is 14.7 Å². The SMILES string of the molecule is Cc1nc(C)c(C(=O)NCc2cc(C(=O)O)ccn2)s1. The zero-order valence-electron chi connectivity index (χ0n) is 11.0. The quantitative estimate of drug-likeness (QED) is 0.895. The van der Waals surface area contributed by atoms with Crippen molar-refractivity contribution in [1.29, 1.82) is 0 Å². The maximum Gasteiger partial charge on any atom is 0.335 e. The molecule has 0 aromatic carbocycles. The van der Waals surface area contributed by atoms with Crippen LogP contribution in [-0.4, -0.2) is 27.0 Å². The highest BCUT2D eigenvalue weighted by molar-refractivity contribution is 7.13. The van der Waals surface area contributed by atoms with Gasteiger partial charge >= 0.3 is 5.97 Å². The average Bonchev–Trinajstić information content (AvgIpc) is 2.75. The van der Waals surface area contributed by atoms with Gasteiger partial charge in [-0.1, -0.05) is 0 Å². The first-order valence-corrected chi connectivity index (χ1v) is 6.69. The van der Waals surface area contributed by atoms with Gasteiger partial charge in [0.15, 0.2) is 0 Å². The van der Waals surface area contributed by atoms with E-state index in [2.05, 4.69) is 15.3 Å². The lowest BCUT2D eigenvalue weighted by atomic mass is 10.2. The Bertz CT molecular complexity index is 667. The standard InChI is InChI=1S/C13H13N3O3S/c1-7-11(20-8(2)16-7)12(17)15-6-10-5-9(13(18)19)3-4-14-10/h3-5H,6H2,1-2H3,(H,15,17)(H,18,19). The van der Waals surface area contributed by atoms with E-state index in [9.17, 15) is 9.59 Å². The van der Waals surface area contributed by atoms with Crippen molar-refractivity contribution in [3.05, 3.63) is 45.2 Å². The molecule has 0 fully saturated rings. The molecule has 2 aromatic heterocycles. The first kappa shape index (κ1) is 14.1. The van der Waals surface area contributed by atoms with Crippen LogP contribution in [0, 0.1) is 13.8 Å².